The Balaban J connectivity index is 0.00000144. The molecule has 7 heteroatoms. The third-order valence-electron chi connectivity index (χ3n) is 4.18. The van der Waals surface area contributed by atoms with Gasteiger partial charge in [-0.05, 0) is 22.4 Å². The van der Waals surface area contributed by atoms with Gasteiger partial charge in [0.1, 0.15) is 0 Å². The standard InChI is InChI=1S/C17H19F3N2.2ClH/c18-17(19,20)12-16(22-9-7-21-8-10-22)15-6-5-13-3-1-2-4-14(13)11-15;;/h1-6,11,16,21H,7-10,12H2;2*1H/t16-;;/m0../s1. The summed E-state index contributed by atoms with van der Waals surface area (Å²) in [6, 6.07) is 12.8. The van der Waals surface area contributed by atoms with Crippen molar-refractivity contribution in [1.82, 2.24) is 10.2 Å². The van der Waals surface area contributed by atoms with Crippen LogP contribution in [-0.4, -0.2) is 37.3 Å². The van der Waals surface area contributed by atoms with E-state index in [-0.39, 0.29) is 24.8 Å². The Kier molecular flexibility index (Phi) is 7.80. The zero-order chi connectivity index (χ0) is 15.6. The van der Waals surface area contributed by atoms with E-state index in [1.165, 1.54) is 0 Å². The number of hydrogen-bond donors (Lipinski definition) is 1. The Hall–Kier alpha value is -1.01. The molecule has 1 fully saturated rings. The van der Waals surface area contributed by atoms with E-state index < -0.39 is 18.6 Å². The number of piperazine rings is 1. The van der Waals surface area contributed by atoms with Crippen LogP contribution in [0.1, 0.15) is 18.0 Å². The molecule has 0 aromatic heterocycles. The van der Waals surface area contributed by atoms with Gasteiger partial charge in [0, 0.05) is 32.2 Å². The minimum absolute atomic E-state index is 0. The molecular formula is C17H21Cl2F3N2. The summed E-state index contributed by atoms with van der Waals surface area (Å²) in [7, 11) is 0. The van der Waals surface area contributed by atoms with E-state index in [0.717, 1.165) is 29.4 Å². The molecule has 1 heterocycles. The number of rotatable bonds is 3. The van der Waals surface area contributed by atoms with Gasteiger partial charge in [-0.2, -0.15) is 13.2 Å². The van der Waals surface area contributed by atoms with E-state index >= 15 is 0 Å². The van der Waals surface area contributed by atoms with Crippen LogP contribution in [0.15, 0.2) is 42.5 Å². The minimum atomic E-state index is -4.17. The molecule has 1 aliphatic rings. The zero-order valence-corrected chi connectivity index (χ0v) is 14.7. The van der Waals surface area contributed by atoms with Crippen LogP contribution < -0.4 is 5.32 Å². The molecule has 134 valence electrons. The maximum Gasteiger partial charge on any atom is 0.390 e. The predicted octanol–water partition coefficient (Wildman–Crippen LogP) is 4.58. The molecule has 1 N–H and O–H groups in total. The first-order valence-corrected chi connectivity index (χ1v) is 7.53. The number of hydrogen-bond acceptors (Lipinski definition) is 2. The molecule has 3 rings (SSSR count). The monoisotopic (exact) mass is 380 g/mol. The Labute approximate surface area is 152 Å². The van der Waals surface area contributed by atoms with Gasteiger partial charge in [-0.1, -0.05) is 36.4 Å². The maximum absolute atomic E-state index is 13.0. The zero-order valence-electron chi connectivity index (χ0n) is 13.1. The average molecular weight is 381 g/mol. The maximum atomic E-state index is 13.0. The largest absolute Gasteiger partial charge is 0.390 e. The van der Waals surface area contributed by atoms with Gasteiger partial charge >= 0.3 is 6.18 Å². The lowest BCUT2D eigenvalue weighted by atomic mass is 9.97. The van der Waals surface area contributed by atoms with Gasteiger partial charge in [0.2, 0.25) is 0 Å². The number of benzene rings is 2. The molecule has 0 aliphatic carbocycles. The molecule has 0 spiro atoms. The van der Waals surface area contributed by atoms with Gasteiger partial charge in [0.25, 0.3) is 0 Å². The van der Waals surface area contributed by atoms with Crippen LogP contribution >= 0.6 is 24.8 Å². The first-order chi connectivity index (χ1) is 10.5. The van der Waals surface area contributed by atoms with Gasteiger partial charge in [-0.3, -0.25) is 4.90 Å². The van der Waals surface area contributed by atoms with Gasteiger partial charge in [-0.25, -0.2) is 0 Å². The lowest BCUT2D eigenvalue weighted by molar-refractivity contribution is -0.148. The van der Waals surface area contributed by atoms with E-state index in [1.807, 2.05) is 47.4 Å². The van der Waals surface area contributed by atoms with Crippen molar-refractivity contribution in [3.8, 4) is 0 Å². The second-order valence-electron chi connectivity index (χ2n) is 5.73. The van der Waals surface area contributed by atoms with Crippen LogP contribution in [0.3, 0.4) is 0 Å². The topological polar surface area (TPSA) is 15.3 Å². The smallest absolute Gasteiger partial charge is 0.314 e. The molecule has 1 saturated heterocycles. The Morgan fingerprint density at radius 3 is 2.21 bits per heavy atom. The molecule has 1 atom stereocenters. The predicted molar refractivity (Wildman–Crippen MR) is 96.3 cm³/mol. The molecule has 24 heavy (non-hydrogen) atoms. The van der Waals surface area contributed by atoms with Crippen LogP contribution in [0.2, 0.25) is 0 Å². The fraction of sp³-hybridized carbons (Fsp3) is 0.412. The molecule has 0 bridgehead atoms. The van der Waals surface area contributed by atoms with Crippen molar-refractivity contribution in [3.63, 3.8) is 0 Å². The summed E-state index contributed by atoms with van der Waals surface area (Å²) < 4.78 is 39.1. The van der Waals surface area contributed by atoms with Crippen molar-refractivity contribution in [1.29, 1.82) is 0 Å². The van der Waals surface area contributed by atoms with Crippen molar-refractivity contribution >= 4 is 35.6 Å². The lowest BCUT2D eigenvalue weighted by Gasteiger charge is -2.35. The number of nitrogens with one attached hydrogen (secondary N) is 1. The van der Waals surface area contributed by atoms with E-state index in [0.29, 0.717) is 13.1 Å². The first-order valence-electron chi connectivity index (χ1n) is 7.53. The third-order valence-corrected chi connectivity index (χ3v) is 4.18. The number of fused-ring (bicyclic) bond motifs is 1. The highest BCUT2D eigenvalue weighted by Gasteiger charge is 2.35. The van der Waals surface area contributed by atoms with Crippen molar-refractivity contribution in [2.45, 2.75) is 18.6 Å². The van der Waals surface area contributed by atoms with Crippen LogP contribution in [0.25, 0.3) is 10.8 Å². The van der Waals surface area contributed by atoms with Crippen LogP contribution in [-0.2, 0) is 0 Å². The van der Waals surface area contributed by atoms with Crippen molar-refractivity contribution in [2.75, 3.05) is 26.2 Å². The summed E-state index contributed by atoms with van der Waals surface area (Å²) >= 11 is 0. The quantitative estimate of drug-likeness (QED) is 0.837. The fourth-order valence-corrected chi connectivity index (χ4v) is 3.09. The lowest BCUT2D eigenvalue weighted by Crippen LogP contribution is -2.46. The van der Waals surface area contributed by atoms with Crippen LogP contribution in [0, 0.1) is 0 Å². The molecule has 1 aliphatic heterocycles. The fourth-order valence-electron chi connectivity index (χ4n) is 3.09. The first kappa shape index (κ1) is 21.0. The van der Waals surface area contributed by atoms with Crippen molar-refractivity contribution in [2.24, 2.45) is 0 Å². The summed E-state index contributed by atoms with van der Waals surface area (Å²) in [5, 5.41) is 5.23. The summed E-state index contributed by atoms with van der Waals surface area (Å²) in [5.74, 6) is 0. The number of alkyl halides is 3. The van der Waals surface area contributed by atoms with E-state index in [2.05, 4.69) is 5.32 Å². The van der Waals surface area contributed by atoms with Gasteiger partial charge in [0.15, 0.2) is 0 Å². The molecule has 2 nitrogen and oxygen atoms in total. The van der Waals surface area contributed by atoms with Gasteiger partial charge in [0.05, 0.1) is 6.42 Å². The average Bonchev–Trinajstić information content (AvgIpc) is 2.52. The van der Waals surface area contributed by atoms with Crippen LogP contribution in [0.4, 0.5) is 13.2 Å². The van der Waals surface area contributed by atoms with Crippen LogP contribution in [0.5, 0.6) is 0 Å². The highest BCUT2D eigenvalue weighted by molar-refractivity contribution is 5.85. The highest BCUT2D eigenvalue weighted by Crippen LogP contribution is 2.35. The highest BCUT2D eigenvalue weighted by atomic mass is 35.5. The summed E-state index contributed by atoms with van der Waals surface area (Å²) in [5.41, 5.74) is 0.748. The molecule has 0 saturated carbocycles. The Morgan fingerprint density at radius 2 is 1.58 bits per heavy atom. The summed E-state index contributed by atoms with van der Waals surface area (Å²) in [6.45, 7) is 2.77. The Morgan fingerprint density at radius 1 is 0.958 bits per heavy atom. The second-order valence-corrected chi connectivity index (χ2v) is 5.73. The van der Waals surface area contributed by atoms with Gasteiger partial charge in [-0.15, -0.1) is 24.8 Å². The minimum Gasteiger partial charge on any atom is -0.314 e. The van der Waals surface area contributed by atoms with Gasteiger partial charge < -0.3 is 5.32 Å². The molecular weight excluding hydrogens is 360 g/mol. The van der Waals surface area contributed by atoms with Crippen molar-refractivity contribution in [3.05, 3.63) is 48.0 Å². The molecule has 2 aromatic rings. The normalized spacial score (nSPS) is 17.0. The molecule has 2 aromatic carbocycles. The van der Waals surface area contributed by atoms with E-state index in [4.69, 9.17) is 0 Å². The number of halogens is 5. The number of nitrogens with zero attached hydrogens (tertiary/aromatic N) is 1. The Bertz CT molecular complexity index is 643. The second kappa shape index (κ2) is 8.90. The van der Waals surface area contributed by atoms with Crippen molar-refractivity contribution < 1.29 is 13.2 Å². The molecule has 0 unspecified atom stereocenters. The SMILES string of the molecule is Cl.Cl.FC(F)(F)C[C@@H](c1ccc2ccccc2c1)N1CCNCC1. The molecule has 0 radical (unpaired) electrons. The van der Waals surface area contributed by atoms with E-state index in [9.17, 15) is 13.2 Å². The van der Waals surface area contributed by atoms with E-state index in [1.54, 1.807) is 0 Å². The summed E-state index contributed by atoms with van der Waals surface area (Å²) in [4.78, 5) is 1.94. The third kappa shape index (κ3) is 5.24. The molecule has 0 amide bonds. The summed E-state index contributed by atoms with van der Waals surface area (Å²) in [6.07, 6.45) is -4.97.